The van der Waals surface area contributed by atoms with Crippen molar-refractivity contribution in [3.05, 3.63) is 33.9 Å². The molecule has 1 aromatic rings. The van der Waals surface area contributed by atoms with Crippen LogP contribution >= 0.6 is 12.4 Å². The molecule has 1 aromatic carbocycles. The van der Waals surface area contributed by atoms with Gasteiger partial charge in [0.15, 0.2) is 0 Å². The third-order valence-electron chi connectivity index (χ3n) is 1.50. The van der Waals surface area contributed by atoms with Crippen LogP contribution in [0, 0.1) is 17.0 Å². The van der Waals surface area contributed by atoms with Crippen molar-refractivity contribution in [2.45, 2.75) is 6.92 Å². The summed E-state index contributed by atoms with van der Waals surface area (Å²) in [5, 5.41) is 10.3. The highest BCUT2D eigenvalue weighted by Gasteiger charge is 2.07. The maximum atomic E-state index is 10.3. The van der Waals surface area contributed by atoms with Gasteiger partial charge in [-0.3, -0.25) is 10.1 Å². The Balaban J connectivity index is 0.00000144. The smallest absolute Gasteiger partial charge is 0.269 e. The van der Waals surface area contributed by atoms with Gasteiger partial charge in [0.1, 0.15) is 5.75 Å². The van der Waals surface area contributed by atoms with Crippen molar-refractivity contribution in [2.24, 2.45) is 5.90 Å². The van der Waals surface area contributed by atoms with E-state index in [0.29, 0.717) is 11.3 Å². The topological polar surface area (TPSA) is 78.4 Å². The molecule has 0 bridgehead atoms. The molecule has 1 rings (SSSR count). The summed E-state index contributed by atoms with van der Waals surface area (Å²) in [5.74, 6) is 5.35. The van der Waals surface area contributed by atoms with Gasteiger partial charge in [-0.05, 0) is 13.0 Å². The molecule has 72 valence electrons. The summed E-state index contributed by atoms with van der Waals surface area (Å²) in [6.07, 6.45) is 0. The second-order valence-corrected chi connectivity index (χ2v) is 2.32. The number of hydrogen-bond donors (Lipinski definition) is 1. The molecule has 0 aliphatic carbocycles. The Morgan fingerprint density at radius 3 is 2.54 bits per heavy atom. The number of nitrogens with zero attached hydrogens (tertiary/aromatic N) is 1. The standard InChI is InChI=1S/C7H8N2O3.ClH/c1-5-4-6(9(10)11)2-3-7(5)12-8;/h2-4H,8H2,1H3;1H. The number of aryl methyl sites for hydroxylation is 1. The van der Waals surface area contributed by atoms with Crippen molar-refractivity contribution in [1.29, 1.82) is 0 Å². The molecular formula is C7H9ClN2O3. The first kappa shape index (κ1) is 11.7. The zero-order chi connectivity index (χ0) is 9.14. The fourth-order valence-corrected chi connectivity index (χ4v) is 0.879. The molecule has 0 heterocycles. The molecule has 0 aliphatic rings. The van der Waals surface area contributed by atoms with E-state index in [9.17, 15) is 10.1 Å². The van der Waals surface area contributed by atoms with Crippen LogP contribution in [0.4, 0.5) is 5.69 Å². The molecule has 6 heteroatoms. The zero-order valence-corrected chi connectivity index (χ0v) is 7.71. The van der Waals surface area contributed by atoms with Crippen molar-refractivity contribution in [3.8, 4) is 5.75 Å². The van der Waals surface area contributed by atoms with Crippen LogP contribution in [0.1, 0.15) is 5.56 Å². The van der Waals surface area contributed by atoms with Gasteiger partial charge in [-0.1, -0.05) is 0 Å². The van der Waals surface area contributed by atoms with Gasteiger partial charge in [-0.15, -0.1) is 12.4 Å². The second-order valence-electron chi connectivity index (χ2n) is 2.32. The van der Waals surface area contributed by atoms with Crippen molar-refractivity contribution >= 4 is 18.1 Å². The van der Waals surface area contributed by atoms with Crippen molar-refractivity contribution in [1.82, 2.24) is 0 Å². The molecule has 0 amide bonds. The van der Waals surface area contributed by atoms with Crippen LogP contribution in [0.3, 0.4) is 0 Å². The van der Waals surface area contributed by atoms with Gasteiger partial charge in [-0.2, -0.15) is 5.90 Å². The number of nitrogens with two attached hydrogens (primary N) is 1. The number of benzene rings is 1. The summed E-state index contributed by atoms with van der Waals surface area (Å²) in [5.41, 5.74) is 0.681. The van der Waals surface area contributed by atoms with E-state index >= 15 is 0 Å². The second kappa shape index (κ2) is 4.64. The van der Waals surface area contributed by atoms with Crippen LogP contribution in [0.25, 0.3) is 0 Å². The number of nitro groups is 1. The van der Waals surface area contributed by atoms with Crippen LogP contribution in [0.15, 0.2) is 18.2 Å². The number of rotatable bonds is 2. The third-order valence-corrected chi connectivity index (χ3v) is 1.50. The minimum absolute atomic E-state index is 0. The van der Waals surface area contributed by atoms with Crippen LogP contribution < -0.4 is 10.7 Å². The first-order valence-corrected chi connectivity index (χ1v) is 3.27. The summed E-state index contributed by atoms with van der Waals surface area (Å²) >= 11 is 0. The van der Waals surface area contributed by atoms with Gasteiger partial charge in [0, 0.05) is 17.7 Å². The highest BCUT2D eigenvalue weighted by molar-refractivity contribution is 5.85. The summed E-state index contributed by atoms with van der Waals surface area (Å²) in [4.78, 5) is 14.3. The molecule has 0 saturated heterocycles. The molecule has 0 atom stereocenters. The van der Waals surface area contributed by atoms with Crippen LogP contribution in [-0.2, 0) is 0 Å². The minimum atomic E-state index is -0.465. The zero-order valence-electron chi connectivity index (χ0n) is 6.89. The van der Waals surface area contributed by atoms with Gasteiger partial charge < -0.3 is 4.84 Å². The average molecular weight is 205 g/mol. The number of nitro benzene ring substituents is 1. The van der Waals surface area contributed by atoms with E-state index in [4.69, 9.17) is 5.90 Å². The van der Waals surface area contributed by atoms with Gasteiger partial charge in [0.2, 0.25) is 0 Å². The number of halogens is 1. The fraction of sp³-hybridized carbons (Fsp3) is 0.143. The Morgan fingerprint density at radius 1 is 1.54 bits per heavy atom. The fourth-order valence-electron chi connectivity index (χ4n) is 0.879. The van der Waals surface area contributed by atoms with Crippen molar-refractivity contribution < 1.29 is 9.76 Å². The maximum absolute atomic E-state index is 10.3. The van der Waals surface area contributed by atoms with Gasteiger partial charge in [0.05, 0.1) is 4.92 Å². The lowest BCUT2D eigenvalue weighted by atomic mass is 10.2. The molecule has 0 spiro atoms. The van der Waals surface area contributed by atoms with Gasteiger partial charge in [-0.25, -0.2) is 0 Å². The van der Waals surface area contributed by atoms with Crippen molar-refractivity contribution in [2.75, 3.05) is 0 Å². The molecule has 0 aromatic heterocycles. The largest absolute Gasteiger partial charge is 0.411 e. The van der Waals surface area contributed by atoms with E-state index in [1.165, 1.54) is 18.2 Å². The Labute approximate surface area is 81.0 Å². The summed E-state index contributed by atoms with van der Waals surface area (Å²) in [6, 6.07) is 4.21. The average Bonchev–Trinajstić information content (AvgIpc) is 2.04. The van der Waals surface area contributed by atoms with E-state index < -0.39 is 4.92 Å². The van der Waals surface area contributed by atoms with Gasteiger partial charge in [0.25, 0.3) is 5.69 Å². The Kier molecular flexibility index (Phi) is 4.16. The molecule has 13 heavy (non-hydrogen) atoms. The lowest BCUT2D eigenvalue weighted by molar-refractivity contribution is -0.384. The lowest BCUT2D eigenvalue weighted by Crippen LogP contribution is -2.03. The first-order chi connectivity index (χ1) is 5.65. The number of hydrogen-bond acceptors (Lipinski definition) is 4. The monoisotopic (exact) mass is 204 g/mol. The van der Waals surface area contributed by atoms with E-state index in [-0.39, 0.29) is 18.1 Å². The molecule has 0 radical (unpaired) electrons. The normalized spacial score (nSPS) is 8.77. The number of non-ortho nitro benzene ring substituents is 1. The predicted octanol–water partition coefficient (Wildman–Crippen LogP) is 1.58. The van der Waals surface area contributed by atoms with E-state index in [1.54, 1.807) is 6.92 Å². The maximum Gasteiger partial charge on any atom is 0.269 e. The summed E-state index contributed by atoms with van der Waals surface area (Å²) in [6.45, 7) is 1.69. The molecule has 0 aliphatic heterocycles. The van der Waals surface area contributed by atoms with Crippen molar-refractivity contribution in [3.63, 3.8) is 0 Å². The van der Waals surface area contributed by atoms with Crippen LogP contribution in [0.5, 0.6) is 5.75 Å². The molecule has 0 saturated carbocycles. The minimum Gasteiger partial charge on any atom is -0.411 e. The molecule has 0 unspecified atom stereocenters. The Bertz CT molecular complexity index is 317. The Hall–Kier alpha value is -1.33. The quantitative estimate of drug-likeness (QED) is 0.586. The third kappa shape index (κ3) is 2.57. The first-order valence-electron chi connectivity index (χ1n) is 3.27. The van der Waals surface area contributed by atoms with Crippen LogP contribution in [-0.4, -0.2) is 4.92 Å². The summed E-state index contributed by atoms with van der Waals surface area (Å²) in [7, 11) is 0. The molecule has 2 N–H and O–H groups in total. The SMILES string of the molecule is Cc1cc([N+](=O)[O-])ccc1ON.Cl. The molecule has 0 fully saturated rings. The van der Waals surface area contributed by atoms with E-state index in [2.05, 4.69) is 4.84 Å². The highest BCUT2D eigenvalue weighted by atomic mass is 35.5. The van der Waals surface area contributed by atoms with E-state index in [1.807, 2.05) is 0 Å². The highest BCUT2D eigenvalue weighted by Crippen LogP contribution is 2.21. The lowest BCUT2D eigenvalue weighted by Gasteiger charge is -2.01. The van der Waals surface area contributed by atoms with E-state index in [0.717, 1.165) is 0 Å². The summed E-state index contributed by atoms with van der Waals surface area (Å²) < 4.78 is 0. The van der Waals surface area contributed by atoms with Crippen LogP contribution in [0.2, 0.25) is 0 Å². The molecular weight excluding hydrogens is 196 g/mol. The predicted molar refractivity (Wildman–Crippen MR) is 49.9 cm³/mol. The molecule has 5 nitrogen and oxygen atoms in total. The van der Waals surface area contributed by atoms with Gasteiger partial charge >= 0.3 is 0 Å². The Morgan fingerprint density at radius 2 is 2.15 bits per heavy atom.